The van der Waals surface area contributed by atoms with Crippen molar-refractivity contribution >= 4 is 17.5 Å². The van der Waals surface area contributed by atoms with Gasteiger partial charge in [0.25, 0.3) is 11.8 Å². The molecule has 0 atom stereocenters. The molecular formula is C10H9N3O3. The quantitative estimate of drug-likeness (QED) is 0.266. The van der Waals surface area contributed by atoms with E-state index in [-0.39, 0.29) is 5.76 Å². The maximum absolute atomic E-state index is 11.5. The van der Waals surface area contributed by atoms with E-state index in [4.69, 9.17) is 10.6 Å². The predicted molar refractivity (Wildman–Crippen MR) is 56.1 cm³/mol. The third-order valence-electron chi connectivity index (χ3n) is 1.98. The highest BCUT2D eigenvalue weighted by atomic mass is 16.5. The van der Waals surface area contributed by atoms with Gasteiger partial charge in [0.05, 0.1) is 11.8 Å². The zero-order chi connectivity index (χ0) is 11.5. The molecule has 0 aromatic heterocycles. The normalized spacial score (nSPS) is 16.1. The van der Waals surface area contributed by atoms with Crippen LogP contribution in [0.15, 0.2) is 36.1 Å². The lowest BCUT2D eigenvalue weighted by atomic mass is 10.2. The number of benzene rings is 1. The number of nitrogens with one attached hydrogen (secondary N) is 2. The first-order valence-electron chi connectivity index (χ1n) is 4.51. The van der Waals surface area contributed by atoms with Gasteiger partial charge in [0, 0.05) is 0 Å². The Labute approximate surface area is 91.0 Å². The molecule has 0 saturated carbocycles. The van der Waals surface area contributed by atoms with Crippen molar-refractivity contribution in [2.45, 2.75) is 0 Å². The molecule has 2 amide bonds. The Hall–Kier alpha value is -2.34. The van der Waals surface area contributed by atoms with Crippen LogP contribution in [0.5, 0.6) is 5.75 Å². The molecule has 82 valence electrons. The first-order valence-corrected chi connectivity index (χ1v) is 4.51. The summed E-state index contributed by atoms with van der Waals surface area (Å²) in [6.07, 6.45) is 0.991. The molecule has 0 saturated heterocycles. The highest BCUT2D eigenvalue weighted by Crippen LogP contribution is 2.29. The minimum Gasteiger partial charge on any atom is -0.449 e. The van der Waals surface area contributed by atoms with Crippen LogP contribution < -0.4 is 21.3 Å². The summed E-state index contributed by atoms with van der Waals surface area (Å²) in [4.78, 5) is 22.4. The number of rotatable bonds is 1. The van der Waals surface area contributed by atoms with Gasteiger partial charge in [-0.2, -0.15) is 0 Å². The van der Waals surface area contributed by atoms with Crippen LogP contribution in [0.2, 0.25) is 0 Å². The lowest BCUT2D eigenvalue weighted by molar-refractivity contribution is -0.118. The zero-order valence-corrected chi connectivity index (χ0v) is 8.19. The molecule has 1 aromatic carbocycles. The van der Waals surface area contributed by atoms with Crippen LogP contribution in [-0.4, -0.2) is 11.8 Å². The van der Waals surface area contributed by atoms with Gasteiger partial charge in [-0.05, 0) is 12.1 Å². The molecular weight excluding hydrogens is 210 g/mol. The van der Waals surface area contributed by atoms with Gasteiger partial charge in [-0.25, -0.2) is 5.84 Å². The molecule has 1 heterocycles. The van der Waals surface area contributed by atoms with Gasteiger partial charge < -0.3 is 10.1 Å². The first kappa shape index (κ1) is 10.2. The summed E-state index contributed by atoms with van der Waals surface area (Å²) in [6, 6.07) is 6.91. The smallest absolute Gasteiger partial charge is 0.291 e. The fraction of sp³-hybridized carbons (Fsp3) is 0. The van der Waals surface area contributed by atoms with Crippen molar-refractivity contribution in [3.8, 4) is 5.75 Å². The lowest BCUT2D eigenvalue weighted by Gasteiger charge is -2.19. The number of ether oxygens (including phenoxy) is 1. The average molecular weight is 219 g/mol. The fourth-order valence-electron chi connectivity index (χ4n) is 1.26. The van der Waals surface area contributed by atoms with E-state index in [0.29, 0.717) is 11.4 Å². The van der Waals surface area contributed by atoms with Crippen LogP contribution in [0.3, 0.4) is 0 Å². The summed E-state index contributed by atoms with van der Waals surface area (Å²) in [6.45, 7) is 0. The number of anilines is 1. The molecule has 1 aromatic rings. The summed E-state index contributed by atoms with van der Waals surface area (Å²) in [5.74, 6) is 4.20. The lowest BCUT2D eigenvalue weighted by Crippen LogP contribution is -2.31. The second-order valence-electron chi connectivity index (χ2n) is 3.07. The van der Waals surface area contributed by atoms with Crippen molar-refractivity contribution in [1.82, 2.24) is 5.43 Å². The number of carbonyl (C=O) groups is 2. The topological polar surface area (TPSA) is 93.4 Å². The minimum absolute atomic E-state index is 0.0957. The SMILES string of the molecule is NNC(=O)C=C1Oc2ccccc2NC1=O. The number of para-hydroxylation sites is 2. The van der Waals surface area contributed by atoms with Gasteiger partial charge in [0.15, 0.2) is 11.5 Å². The molecule has 16 heavy (non-hydrogen) atoms. The summed E-state index contributed by atoms with van der Waals surface area (Å²) in [5.41, 5.74) is 2.45. The molecule has 6 nitrogen and oxygen atoms in total. The molecule has 0 bridgehead atoms. The Kier molecular flexibility index (Phi) is 2.57. The van der Waals surface area contributed by atoms with Crippen LogP contribution in [0.25, 0.3) is 0 Å². The van der Waals surface area contributed by atoms with Crippen molar-refractivity contribution in [2.24, 2.45) is 5.84 Å². The fourth-order valence-corrected chi connectivity index (χ4v) is 1.26. The number of fused-ring (bicyclic) bond motifs is 1. The highest BCUT2D eigenvalue weighted by molar-refractivity contribution is 6.08. The number of hydrogen-bond acceptors (Lipinski definition) is 4. The third kappa shape index (κ3) is 1.86. The standard InChI is InChI=1S/C10H9N3O3/c11-13-9(14)5-8-10(15)12-6-3-1-2-4-7(6)16-8/h1-5H,11H2,(H,12,15)(H,13,14). The second kappa shape index (κ2) is 4.03. The predicted octanol–water partition coefficient (Wildman–Crippen LogP) is -0.109. The molecule has 0 fully saturated rings. The zero-order valence-electron chi connectivity index (χ0n) is 8.19. The summed E-state index contributed by atoms with van der Waals surface area (Å²) >= 11 is 0. The average Bonchev–Trinajstić information content (AvgIpc) is 2.30. The van der Waals surface area contributed by atoms with E-state index in [9.17, 15) is 9.59 Å². The van der Waals surface area contributed by atoms with Crippen molar-refractivity contribution in [3.63, 3.8) is 0 Å². The Bertz CT molecular complexity index is 482. The van der Waals surface area contributed by atoms with Crippen molar-refractivity contribution < 1.29 is 14.3 Å². The van der Waals surface area contributed by atoms with E-state index in [2.05, 4.69) is 5.32 Å². The van der Waals surface area contributed by atoms with Crippen LogP contribution in [0.1, 0.15) is 0 Å². The first-order chi connectivity index (χ1) is 7.70. The van der Waals surface area contributed by atoms with Crippen LogP contribution in [0.4, 0.5) is 5.69 Å². The molecule has 1 aliphatic rings. The largest absolute Gasteiger partial charge is 0.449 e. The van der Waals surface area contributed by atoms with Gasteiger partial charge in [-0.15, -0.1) is 0 Å². The molecule has 0 unspecified atom stereocenters. The number of amides is 2. The minimum atomic E-state index is -0.607. The Morgan fingerprint density at radius 3 is 2.94 bits per heavy atom. The molecule has 0 radical (unpaired) electrons. The van der Waals surface area contributed by atoms with E-state index in [1.54, 1.807) is 24.3 Å². The van der Waals surface area contributed by atoms with Crippen molar-refractivity contribution in [3.05, 3.63) is 36.1 Å². The van der Waals surface area contributed by atoms with Gasteiger partial charge in [-0.3, -0.25) is 15.0 Å². The van der Waals surface area contributed by atoms with E-state index in [1.807, 2.05) is 5.43 Å². The number of carbonyl (C=O) groups excluding carboxylic acids is 2. The molecule has 6 heteroatoms. The van der Waals surface area contributed by atoms with E-state index in [1.165, 1.54) is 0 Å². The highest BCUT2D eigenvalue weighted by Gasteiger charge is 2.22. The summed E-state index contributed by atoms with van der Waals surface area (Å²) in [5, 5.41) is 2.59. The van der Waals surface area contributed by atoms with Crippen LogP contribution >= 0.6 is 0 Å². The summed E-state index contributed by atoms with van der Waals surface area (Å²) in [7, 11) is 0. The van der Waals surface area contributed by atoms with Gasteiger partial charge in [-0.1, -0.05) is 12.1 Å². The maximum Gasteiger partial charge on any atom is 0.291 e. The molecule has 1 aliphatic heterocycles. The Morgan fingerprint density at radius 2 is 2.19 bits per heavy atom. The number of hydrazine groups is 1. The van der Waals surface area contributed by atoms with Crippen LogP contribution in [-0.2, 0) is 9.59 Å². The number of nitrogens with two attached hydrogens (primary N) is 1. The van der Waals surface area contributed by atoms with Gasteiger partial charge in [0.2, 0.25) is 0 Å². The van der Waals surface area contributed by atoms with E-state index < -0.39 is 11.8 Å². The Morgan fingerprint density at radius 1 is 1.44 bits per heavy atom. The second-order valence-corrected chi connectivity index (χ2v) is 3.07. The van der Waals surface area contributed by atoms with E-state index in [0.717, 1.165) is 6.08 Å². The maximum atomic E-state index is 11.5. The molecule has 4 N–H and O–H groups in total. The van der Waals surface area contributed by atoms with Gasteiger partial charge in [0.1, 0.15) is 0 Å². The molecule has 2 rings (SSSR count). The molecule has 0 spiro atoms. The summed E-state index contributed by atoms with van der Waals surface area (Å²) < 4.78 is 5.25. The van der Waals surface area contributed by atoms with E-state index >= 15 is 0 Å². The molecule has 0 aliphatic carbocycles. The third-order valence-corrected chi connectivity index (χ3v) is 1.98. The monoisotopic (exact) mass is 219 g/mol. The van der Waals surface area contributed by atoms with Crippen molar-refractivity contribution in [1.29, 1.82) is 0 Å². The number of hydrogen-bond donors (Lipinski definition) is 3. The van der Waals surface area contributed by atoms with Crippen LogP contribution in [0, 0.1) is 0 Å². The Balaban J connectivity index is 2.31. The van der Waals surface area contributed by atoms with Gasteiger partial charge >= 0.3 is 0 Å². The van der Waals surface area contributed by atoms with Crippen molar-refractivity contribution in [2.75, 3.05) is 5.32 Å².